The van der Waals surface area contributed by atoms with Crippen LogP contribution in [0.4, 0.5) is 5.69 Å². The lowest BCUT2D eigenvalue weighted by atomic mass is 9.89. The summed E-state index contributed by atoms with van der Waals surface area (Å²) in [5.74, 6) is 0. The lowest BCUT2D eigenvalue weighted by molar-refractivity contribution is 0.605. The van der Waals surface area contributed by atoms with Crippen LogP contribution in [0.5, 0.6) is 0 Å². The third-order valence-corrected chi connectivity index (χ3v) is 10.1. The molecule has 3 rings (SSSR count). The molecule has 268 valence electrons. The smallest absolute Gasteiger partial charge is 0.0866 e. The van der Waals surface area contributed by atoms with E-state index < -0.39 is 0 Å². The Morgan fingerprint density at radius 1 is 0.551 bits per heavy atom. The Hall–Kier alpha value is -3.00. The van der Waals surface area contributed by atoms with E-state index in [0.717, 1.165) is 30.6 Å². The lowest BCUT2D eigenvalue weighted by Crippen LogP contribution is -2.00. The molecule has 0 saturated carbocycles. The third kappa shape index (κ3) is 14.4. The molecule has 0 radical (unpaired) electrons. The van der Waals surface area contributed by atoms with Gasteiger partial charge in [0.1, 0.15) is 0 Å². The minimum Gasteiger partial charge on any atom is -0.155 e. The number of rotatable bonds is 25. The normalized spacial score (nSPS) is 12.0. The van der Waals surface area contributed by atoms with Gasteiger partial charge in [-0.15, -0.1) is 0 Å². The zero-order valence-corrected chi connectivity index (χ0v) is 32.5. The molecule has 3 aromatic carbocycles. The number of benzene rings is 3. The summed E-state index contributed by atoms with van der Waals surface area (Å²) in [6, 6.07) is 20.5. The highest BCUT2D eigenvalue weighted by Crippen LogP contribution is 2.34. The van der Waals surface area contributed by atoms with Crippen LogP contribution in [0, 0.1) is 6.92 Å². The molecule has 0 bridgehead atoms. The van der Waals surface area contributed by atoms with Crippen LogP contribution in [0.15, 0.2) is 70.5 Å². The Morgan fingerprint density at radius 3 is 1.76 bits per heavy atom. The zero-order valence-electron chi connectivity index (χ0n) is 32.5. The van der Waals surface area contributed by atoms with E-state index in [1.807, 2.05) is 0 Å². The second-order valence-corrected chi connectivity index (χ2v) is 14.4. The maximum atomic E-state index is 4.97. The average Bonchev–Trinajstić information content (AvgIpc) is 3.12. The number of nitrogens with zero attached hydrogens (tertiary/aromatic N) is 2. The van der Waals surface area contributed by atoms with Crippen LogP contribution in [0.1, 0.15) is 177 Å². The van der Waals surface area contributed by atoms with E-state index in [2.05, 4.69) is 102 Å². The van der Waals surface area contributed by atoms with Crippen molar-refractivity contribution in [1.82, 2.24) is 0 Å². The minimum absolute atomic E-state index is 0.858. The summed E-state index contributed by atoms with van der Waals surface area (Å²) in [4.78, 5) is 0. The maximum absolute atomic E-state index is 4.97. The van der Waals surface area contributed by atoms with Crippen LogP contribution >= 0.6 is 0 Å². The summed E-state index contributed by atoms with van der Waals surface area (Å²) < 4.78 is 0. The van der Waals surface area contributed by atoms with E-state index in [1.54, 1.807) is 11.1 Å². The molecule has 0 amide bonds. The Labute approximate surface area is 302 Å². The zero-order chi connectivity index (χ0) is 35.1. The first-order valence-electron chi connectivity index (χ1n) is 20.5. The minimum atomic E-state index is 0.858. The first-order valence-corrected chi connectivity index (χ1v) is 20.5. The number of hydrogen-bond acceptors (Lipinski definition) is 2. The molecule has 0 aliphatic carbocycles. The molecule has 0 aromatic heterocycles. The largest absolute Gasteiger partial charge is 0.155 e. The second kappa shape index (κ2) is 24.2. The Balaban J connectivity index is 1.96. The monoisotopic (exact) mass is 663 g/mol. The van der Waals surface area contributed by atoms with Gasteiger partial charge < -0.3 is 0 Å². The van der Waals surface area contributed by atoms with Gasteiger partial charge in [-0.3, -0.25) is 0 Å². The molecule has 0 fully saturated rings. The van der Waals surface area contributed by atoms with E-state index >= 15 is 0 Å². The quantitative estimate of drug-likeness (QED) is 0.0637. The van der Waals surface area contributed by atoms with E-state index in [0.29, 0.717) is 0 Å². The molecule has 0 N–H and O–H groups in total. The Kier molecular flexibility index (Phi) is 20.0. The van der Waals surface area contributed by atoms with E-state index in [4.69, 9.17) is 10.2 Å². The van der Waals surface area contributed by atoms with Gasteiger partial charge in [-0.25, -0.2) is 0 Å². The van der Waals surface area contributed by atoms with Crippen LogP contribution in [0.3, 0.4) is 0 Å². The maximum Gasteiger partial charge on any atom is 0.0866 e. The van der Waals surface area contributed by atoms with Crippen molar-refractivity contribution in [3.63, 3.8) is 0 Å². The summed E-state index contributed by atoms with van der Waals surface area (Å²) >= 11 is 0. The summed E-state index contributed by atoms with van der Waals surface area (Å²) in [7, 11) is 0. The molecule has 0 atom stereocenters. The molecular formula is C47H70N2. The highest BCUT2D eigenvalue weighted by molar-refractivity contribution is 5.73. The number of allylic oxidation sites excluding steroid dienone is 1. The first kappa shape index (κ1) is 40.4. The highest BCUT2D eigenvalue weighted by atomic mass is 15.1. The van der Waals surface area contributed by atoms with Crippen molar-refractivity contribution < 1.29 is 0 Å². The van der Waals surface area contributed by atoms with Gasteiger partial charge in [0, 0.05) is 0 Å². The molecular weight excluding hydrogens is 593 g/mol. The van der Waals surface area contributed by atoms with Crippen LogP contribution < -0.4 is 0 Å². The molecule has 2 nitrogen and oxygen atoms in total. The van der Waals surface area contributed by atoms with Crippen molar-refractivity contribution in [1.29, 1.82) is 0 Å². The molecule has 0 aliphatic heterocycles. The van der Waals surface area contributed by atoms with Crippen molar-refractivity contribution in [2.24, 2.45) is 10.2 Å². The average molecular weight is 663 g/mol. The third-order valence-electron chi connectivity index (χ3n) is 10.1. The summed E-state index contributed by atoms with van der Waals surface area (Å²) in [6.45, 7) is 13.7. The molecule has 3 aromatic rings. The van der Waals surface area contributed by atoms with Crippen LogP contribution in [-0.2, 0) is 25.7 Å². The summed E-state index contributed by atoms with van der Waals surface area (Å²) in [5, 5.41) is 9.90. The number of aryl methyl sites for hydroxylation is 3. The fraction of sp³-hybridized carbons (Fsp3) is 0.574. The van der Waals surface area contributed by atoms with Gasteiger partial charge in [-0.1, -0.05) is 154 Å². The van der Waals surface area contributed by atoms with Crippen molar-refractivity contribution in [2.75, 3.05) is 0 Å². The lowest BCUT2D eigenvalue weighted by Gasteiger charge is -2.17. The van der Waals surface area contributed by atoms with E-state index in [1.165, 1.54) is 149 Å². The Bertz CT molecular complexity index is 1400. The molecule has 0 spiro atoms. The predicted molar refractivity (Wildman–Crippen MR) is 217 cm³/mol. The summed E-state index contributed by atoms with van der Waals surface area (Å²) in [6.07, 6.45) is 28.5. The number of azo groups is 1. The van der Waals surface area contributed by atoms with Crippen molar-refractivity contribution in [2.45, 2.75) is 176 Å². The fourth-order valence-corrected chi connectivity index (χ4v) is 7.19. The van der Waals surface area contributed by atoms with Gasteiger partial charge in [0.05, 0.1) is 11.4 Å². The Morgan fingerprint density at radius 2 is 1.10 bits per heavy atom. The molecule has 0 heterocycles. The van der Waals surface area contributed by atoms with Gasteiger partial charge in [0.15, 0.2) is 0 Å². The summed E-state index contributed by atoms with van der Waals surface area (Å²) in [5.41, 5.74) is 13.5. The molecule has 0 unspecified atom stereocenters. The van der Waals surface area contributed by atoms with Crippen molar-refractivity contribution in [3.8, 4) is 11.1 Å². The van der Waals surface area contributed by atoms with E-state index in [9.17, 15) is 0 Å². The molecule has 0 saturated heterocycles. The van der Waals surface area contributed by atoms with Crippen LogP contribution in [-0.4, -0.2) is 0 Å². The van der Waals surface area contributed by atoms with Gasteiger partial charge in [-0.05, 0) is 127 Å². The predicted octanol–water partition coefficient (Wildman–Crippen LogP) is 15.7. The van der Waals surface area contributed by atoms with Crippen molar-refractivity contribution >= 4 is 11.8 Å². The topological polar surface area (TPSA) is 24.7 Å². The van der Waals surface area contributed by atoms with Gasteiger partial charge in [0.25, 0.3) is 0 Å². The van der Waals surface area contributed by atoms with Gasteiger partial charge >= 0.3 is 0 Å². The molecule has 49 heavy (non-hydrogen) atoms. The van der Waals surface area contributed by atoms with Crippen molar-refractivity contribution in [3.05, 3.63) is 93.7 Å². The standard InChI is InChI=1S/C47H70N2/c1-7-12-16-19-20-22-30-42-36-44(37-47(40-28-23-21-24-29-40)46(42)32-26-18-14-9-3)49-48-43(11-5)35-39-33-38(6)45(31-25-17-13-8-2)41(34-39)27-15-10-4/h21,23-24,28-29,33-37H,7-20,22,25-27,30-32H2,1-6H3. The van der Waals surface area contributed by atoms with E-state index in [-0.39, 0.29) is 0 Å². The van der Waals surface area contributed by atoms with Crippen LogP contribution in [0.2, 0.25) is 0 Å². The fourth-order valence-electron chi connectivity index (χ4n) is 7.19. The number of hydrogen-bond donors (Lipinski definition) is 0. The molecule has 2 heteroatoms. The second-order valence-electron chi connectivity index (χ2n) is 14.4. The van der Waals surface area contributed by atoms with Gasteiger partial charge in [-0.2, -0.15) is 10.2 Å². The first-order chi connectivity index (χ1) is 24.0. The SMILES string of the molecule is CCCCCCCCc1cc(N=NC(=Cc2cc(C)c(CCCCCC)c(CCCC)c2)CC)cc(-c2ccccc2)c1CCCCCC. The highest BCUT2D eigenvalue weighted by Gasteiger charge is 2.14. The van der Waals surface area contributed by atoms with Gasteiger partial charge in [0.2, 0.25) is 0 Å². The number of unbranched alkanes of at least 4 members (excludes halogenated alkanes) is 12. The molecule has 0 aliphatic rings. The van der Waals surface area contributed by atoms with Crippen LogP contribution in [0.25, 0.3) is 17.2 Å².